The Morgan fingerprint density at radius 1 is 1.20 bits per heavy atom. The summed E-state index contributed by atoms with van der Waals surface area (Å²) >= 11 is 0. The zero-order chi connectivity index (χ0) is 15.0. The summed E-state index contributed by atoms with van der Waals surface area (Å²) in [5, 5.41) is 3.23. The second kappa shape index (κ2) is 8.11. The predicted octanol–water partition coefficient (Wildman–Crippen LogP) is 1.62. The van der Waals surface area contributed by atoms with E-state index in [-0.39, 0.29) is 12.4 Å². The zero-order valence-corrected chi connectivity index (χ0v) is 13.1. The molecule has 0 aliphatic heterocycles. The molecule has 0 saturated carbocycles. The van der Waals surface area contributed by atoms with E-state index in [2.05, 4.69) is 5.32 Å². The van der Waals surface area contributed by atoms with Crippen molar-refractivity contribution >= 4 is 9.84 Å². The number of ether oxygens (including phenoxy) is 2. The molecule has 0 fully saturated rings. The quantitative estimate of drug-likeness (QED) is 0.751. The van der Waals surface area contributed by atoms with Crippen LogP contribution in [0.2, 0.25) is 0 Å². The first-order valence-corrected chi connectivity index (χ1v) is 8.80. The fraction of sp³-hybridized carbons (Fsp3) is 0.571. The largest absolute Gasteiger partial charge is 0.490 e. The summed E-state index contributed by atoms with van der Waals surface area (Å²) in [5.41, 5.74) is 0.964. The molecule has 0 unspecified atom stereocenters. The van der Waals surface area contributed by atoms with Gasteiger partial charge in [-0.1, -0.05) is 19.1 Å². The van der Waals surface area contributed by atoms with Crippen LogP contribution in [-0.4, -0.2) is 40.2 Å². The Labute approximate surface area is 121 Å². The Hall–Kier alpha value is -1.27. The average Bonchev–Trinajstić information content (AvgIpc) is 2.37. The fourth-order valence-electron chi connectivity index (χ4n) is 1.69. The number of hydrogen-bond acceptors (Lipinski definition) is 5. The second-order valence-electron chi connectivity index (χ2n) is 4.44. The first kappa shape index (κ1) is 16.8. The number of hydrogen-bond donors (Lipinski definition) is 1. The van der Waals surface area contributed by atoms with Crippen molar-refractivity contribution < 1.29 is 17.9 Å². The van der Waals surface area contributed by atoms with E-state index in [0.717, 1.165) is 12.1 Å². The van der Waals surface area contributed by atoms with Gasteiger partial charge in [0.1, 0.15) is 6.61 Å². The van der Waals surface area contributed by atoms with E-state index in [0.29, 0.717) is 24.7 Å². The maximum atomic E-state index is 11.2. The molecule has 0 aromatic heterocycles. The molecule has 0 radical (unpaired) electrons. The molecule has 0 heterocycles. The lowest BCUT2D eigenvalue weighted by Gasteiger charge is -2.16. The van der Waals surface area contributed by atoms with Crippen LogP contribution in [0.1, 0.15) is 19.4 Å². The summed E-state index contributed by atoms with van der Waals surface area (Å²) in [6, 6.07) is 5.68. The third-order valence-electron chi connectivity index (χ3n) is 2.63. The van der Waals surface area contributed by atoms with Crippen LogP contribution in [0.4, 0.5) is 0 Å². The van der Waals surface area contributed by atoms with E-state index >= 15 is 0 Å². The molecule has 0 amide bonds. The van der Waals surface area contributed by atoms with Crippen molar-refractivity contribution in [3.8, 4) is 11.5 Å². The van der Waals surface area contributed by atoms with Gasteiger partial charge in [0.05, 0.1) is 12.4 Å². The van der Waals surface area contributed by atoms with E-state index in [1.54, 1.807) is 0 Å². The van der Waals surface area contributed by atoms with Crippen LogP contribution in [-0.2, 0) is 16.4 Å². The van der Waals surface area contributed by atoms with E-state index in [1.807, 2.05) is 32.0 Å². The Morgan fingerprint density at radius 2 is 1.95 bits per heavy atom. The fourth-order valence-corrected chi connectivity index (χ4v) is 2.07. The van der Waals surface area contributed by atoms with Gasteiger partial charge in [0.25, 0.3) is 0 Å². The highest BCUT2D eigenvalue weighted by Gasteiger charge is 2.12. The monoisotopic (exact) mass is 301 g/mol. The number of sulfone groups is 1. The van der Waals surface area contributed by atoms with Crippen LogP contribution in [0.3, 0.4) is 0 Å². The smallest absolute Gasteiger partial charge is 0.165 e. The van der Waals surface area contributed by atoms with Gasteiger partial charge in [-0.05, 0) is 19.5 Å². The van der Waals surface area contributed by atoms with E-state index in [1.165, 1.54) is 6.26 Å². The molecule has 5 nitrogen and oxygen atoms in total. The highest BCUT2D eigenvalue weighted by molar-refractivity contribution is 7.90. The van der Waals surface area contributed by atoms with Crippen LogP contribution in [0.15, 0.2) is 18.2 Å². The van der Waals surface area contributed by atoms with Crippen molar-refractivity contribution in [2.75, 3.05) is 31.8 Å². The molecule has 20 heavy (non-hydrogen) atoms. The lowest BCUT2D eigenvalue weighted by molar-refractivity contribution is 0.285. The van der Waals surface area contributed by atoms with Crippen molar-refractivity contribution in [2.24, 2.45) is 0 Å². The van der Waals surface area contributed by atoms with Crippen LogP contribution in [0.5, 0.6) is 11.5 Å². The lowest BCUT2D eigenvalue weighted by atomic mass is 10.2. The number of para-hydroxylation sites is 1. The Morgan fingerprint density at radius 3 is 2.55 bits per heavy atom. The summed E-state index contributed by atoms with van der Waals surface area (Å²) in [6.45, 7) is 6.09. The minimum atomic E-state index is -3.03. The third kappa shape index (κ3) is 5.79. The van der Waals surface area contributed by atoms with Gasteiger partial charge in [-0.3, -0.25) is 0 Å². The molecule has 0 saturated heterocycles. The molecule has 1 aromatic carbocycles. The summed E-state index contributed by atoms with van der Waals surface area (Å²) in [5.74, 6) is 1.27. The molecule has 114 valence electrons. The van der Waals surface area contributed by atoms with Crippen LogP contribution in [0, 0.1) is 0 Å². The lowest BCUT2D eigenvalue weighted by Crippen LogP contribution is -2.16. The molecule has 1 N–H and O–H groups in total. The van der Waals surface area contributed by atoms with Crippen molar-refractivity contribution in [3.05, 3.63) is 23.8 Å². The topological polar surface area (TPSA) is 64.6 Å². The van der Waals surface area contributed by atoms with Crippen molar-refractivity contribution in [1.29, 1.82) is 0 Å². The van der Waals surface area contributed by atoms with Crippen molar-refractivity contribution in [2.45, 2.75) is 20.4 Å². The van der Waals surface area contributed by atoms with Crippen LogP contribution >= 0.6 is 0 Å². The number of nitrogens with one attached hydrogen (secondary N) is 1. The second-order valence-corrected chi connectivity index (χ2v) is 6.70. The minimum absolute atomic E-state index is 0.00585. The Bertz CT molecular complexity index is 514. The number of rotatable bonds is 9. The Balaban J connectivity index is 2.86. The summed E-state index contributed by atoms with van der Waals surface area (Å²) in [4.78, 5) is 0. The standard InChI is InChI=1S/C14H23NO4S/c1-4-15-11-12-7-6-8-13(18-5-2)14(12)19-9-10-20(3,16)17/h6-8,15H,4-5,9-11H2,1-3H3. The SMILES string of the molecule is CCNCc1cccc(OCC)c1OCCS(C)(=O)=O. The Kier molecular flexibility index (Phi) is 6.81. The maximum absolute atomic E-state index is 11.2. The molecular weight excluding hydrogens is 278 g/mol. The van der Waals surface area contributed by atoms with Gasteiger partial charge in [-0.2, -0.15) is 0 Å². The zero-order valence-electron chi connectivity index (χ0n) is 12.3. The average molecular weight is 301 g/mol. The summed E-state index contributed by atoms with van der Waals surface area (Å²) < 4.78 is 33.5. The normalized spacial score (nSPS) is 11.3. The van der Waals surface area contributed by atoms with Gasteiger partial charge in [-0.15, -0.1) is 0 Å². The van der Waals surface area contributed by atoms with Gasteiger partial charge < -0.3 is 14.8 Å². The summed E-state index contributed by atoms with van der Waals surface area (Å²) in [6.07, 6.45) is 1.20. The molecular formula is C14H23NO4S. The van der Waals surface area contributed by atoms with Crippen LogP contribution in [0.25, 0.3) is 0 Å². The maximum Gasteiger partial charge on any atom is 0.165 e. The van der Waals surface area contributed by atoms with Crippen molar-refractivity contribution in [3.63, 3.8) is 0 Å². The molecule has 6 heteroatoms. The van der Waals surface area contributed by atoms with Crippen molar-refractivity contribution in [1.82, 2.24) is 5.32 Å². The molecule has 0 bridgehead atoms. The third-order valence-corrected chi connectivity index (χ3v) is 3.53. The highest BCUT2D eigenvalue weighted by atomic mass is 32.2. The predicted molar refractivity (Wildman–Crippen MR) is 80.2 cm³/mol. The first-order valence-electron chi connectivity index (χ1n) is 6.73. The molecule has 1 aromatic rings. The van der Waals surface area contributed by atoms with Crippen LogP contribution < -0.4 is 14.8 Å². The van der Waals surface area contributed by atoms with E-state index < -0.39 is 9.84 Å². The molecule has 0 atom stereocenters. The van der Waals surface area contributed by atoms with E-state index in [4.69, 9.17) is 9.47 Å². The first-order chi connectivity index (χ1) is 9.48. The van der Waals surface area contributed by atoms with E-state index in [9.17, 15) is 8.42 Å². The van der Waals surface area contributed by atoms with Gasteiger partial charge in [-0.25, -0.2) is 8.42 Å². The molecule has 1 rings (SSSR count). The molecule has 0 aliphatic rings. The van der Waals surface area contributed by atoms with Gasteiger partial charge in [0.2, 0.25) is 0 Å². The van der Waals surface area contributed by atoms with Gasteiger partial charge in [0.15, 0.2) is 21.3 Å². The van der Waals surface area contributed by atoms with Gasteiger partial charge in [0, 0.05) is 18.4 Å². The summed E-state index contributed by atoms with van der Waals surface area (Å²) in [7, 11) is -3.03. The minimum Gasteiger partial charge on any atom is -0.490 e. The highest BCUT2D eigenvalue weighted by Crippen LogP contribution is 2.31. The molecule has 0 aliphatic carbocycles. The van der Waals surface area contributed by atoms with Gasteiger partial charge >= 0.3 is 0 Å². The molecule has 0 spiro atoms. The number of benzene rings is 1.